The Morgan fingerprint density at radius 1 is 1.23 bits per heavy atom. The van der Waals surface area contributed by atoms with Crippen LogP contribution < -0.4 is 5.32 Å². The molecule has 2 aliphatic rings. The molecule has 2 aliphatic heterocycles. The van der Waals surface area contributed by atoms with Crippen molar-refractivity contribution in [3.05, 3.63) is 57.2 Å². The number of hydrogen-bond acceptors (Lipinski definition) is 6. The number of amides is 3. The molecule has 0 radical (unpaired) electrons. The number of morpholine rings is 1. The Balaban J connectivity index is 1.51. The number of nitrogens with zero attached hydrogens (tertiary/aromatic N) is 4. The first-order valence-electron chi connectivity index (χ1n) is 12.1. The van der Waals surface area contributed by atoms with Crippen molar-refractivity contribution < 1.29 is 14.3 Å². The van der Waals surface area contributed by atoms with Crippen molar-refractivity contribution >= 4 is 40.6 Å². The molecule has 0 bridgehead atoms. The summed E-state index contributed by atoms with van der Waals surface area (Å²) in [4.78, 5) is 31.4. The number of halogens is 1. The van der Waals surface area contributed by atoms with Gasteiger partial charge in [-0.25, -0.2) is 9.80 Å². The molecule has 0 saturated carbocycles. The number of carbonyl (C=O) groups is 2. The van der Waals surface area contributed by atoms with Gasteiger partial charge < -0.3 is 15.0 Å². The van der Waals surface area contributed by atoms with Gasteiger partial charge in [-0.15, -0.1) is 11.3 Å². The van der Waals surface area contributed by atoms with Gasteiger partial charge in [-0.05, 0) is 35.6 Å². The number of thiophene rings is 1. The zero-order valence-electron chi connectivity index (χ0n) is 20.0. The molecule has 0 aliphatic carbocycles. The Labute approximate surface area is 215 Å². The highest BCUT2D eigenvalue weighted by Crippen LogP contribution is 2.34. The molecule has 4 rings (SSSR count). The van der Waals surface area contributed by atoms with Gasteiger partial charge in [-0.2, -0.15) is 5.10 Å². The van der Waals surface area contributed by atoms with Crippen LogP contribution in [-0.2, 0) is 9.53 Å². The third-order valence-corrected chi connectivity index (χ3v) is 7.33. The highest BCUT2D eigenvalue weighted by molar-refractivity contribution is 7.12. The van der Waals surface area contributed by atoms with Crippen molar-refractivity contribution in [2.45, 2.75) is 25.8 Å². The Morgan fingerprint density at radius 3 is 2.69 bits per heavy atom. The minimum atomic E-state index is -0.239. The van der Waals surface area contributed by atoms with E-state index < -0.39 is 0 Å². The van der Waals surface area contributed by atoms with Gasteiger partial charge in [-0.3, -0.25) is 9.69 Å². The molecule has 1 atom stereocenters. The smallest absolute Gasteiger partial charge is 0.317 e. The molecule has 8 nitrogen and oxygen atoms in total. The average Bonchev–Trinajstić information content (AvgIpc) is 3.56. The van der Waals surface area contributed by atoms with E-state index in [2.05, 4.69) is 10.2 Å². The molecule has 1 N–H and O–H groups in total. The van der Waals surface area contributed by atoms with Crippen molar-refractivity contribution in [2.75, 3.05) is 52.5 Å². The van der Waals surface area contributed by atoms with E-state index in [1.165, 1.54) is 0 Å². The largest absolute Gasteiger partial charge is 0.379 e. The lowest BCUT2D eigenvalue weighted by molar-refractivity contribution is -0.133. The Bertz CT molecular complexity index is 1010. The van der Waals surface area contributed by atoms with Gasteiger partial charge in [0.2, 0.25) is 0 Å². The fraction of sp³-hybridized carbons (Fsp3) is 0.480. The number of carbonyl (C=O) groups excluding carboxylic acids is 2. The van der Waals surface area contributed by atoms with Crippen LogP contribution in [0.5, 0.6) is 0 Å². The summed E-state index contributed by atoms with van der Waals surface area (Å²) in [6, 6.07) is 11.1. The summed E-state index contributed by atoms with van der Waals surface area (Å²) in [5.41, 5.74) is 1.84. The summed E-state index contributed by atoms with van der Waals surface area (Å²) in [7, 11) is 0. The lowest BCUT2D eigenvalue weighted by Gasteiger charge is -2.31. The van der Waals surface area contributed by atoms with Crippen LogP contribution in [0.4, 0.5) is 4.79 Å². The van der Waals surface area contributed by atoms with Gasteiger partial charge >= 0.3 is 6.03 Å². The minimum absolute atomic E-state index is 0.0365. The summed E-state index contributed by atoms with van der Waals surface area (Å²) in [5, 5.41) is 11.8. The number of urea groups is 1. The highest BCUT2D eigenvalue weighted by Gasteiger charge is 2.34. The third kappa shape index (κ3) is 6.82. The topological polar surface area (TPSA) is 77.5 Å². The van der Waals surface area contributed by atoms with E-state index in [0.717, 1.165) is 35.7 Å². The fourth-order valence-corrected chi connectivity index (χ4v) is 5.04. The van der Waals surface area contributed by atoms with Crippen molar-refractivity contribution in [3.8, 4) is 0 Å². The van der Waals surface area contributed by atoms with Gasteiger partial charge in [0.15, 0.2) is 0 Å². The number of hydrogen-bond donors (Lipinski definition) is 1. The minimum Gasteiger partial charge on any atom is -0.379 e. The van der Waals surface area contributed by atoms with E-state index in [-0.39, 0.29) is 24.5 Å². The molecule has 1 saturated heterocycles. The second kappa shape index (κ2) is 12.5. The normalized spacial score (nSPS) is 18.4. The number of benzene rings is 1. The predicted molar refractivity (Wildman–Crippen MR) is 139 cm³/mol. The van der Waals surface area contributed by atoms with Crippen LogP contribution in [0.3, 0.4) is 0 Å². The molecule has 35 heavy (non-hydrogen) atoms. The molecular weight excluding hydrogens is 486 g/mol. The molecule has 3 heterocycles. The highest BCUT2D eigenvalue weighted by atomic mass is 35.5. The van der Waals surface area contributed by atoms with Crippen molar-refractivity contribution in [1.29, 1.82) is 0 Å². The van der Waals surface area contributed by atoms with E-state index in [4.69, 9.17) is 21.4 Å². The maximum Gasteiger partial charge on any atom is 0.317 e. The van der Waals surface area contributed by atoms with E-state index in [1.807, 2.05) is 48.7 Å². The van der Waals surface area contributed by atoms with Crippen LogP contribution in [-0.4, -0.2) is 84.9 Å². The molecule has 188 valence electrons. The Kier molecular flexibility index (Phi) is 9.14. The van der Waals surface area contributed by atoms with Crippen LogP contribution >= 0.6 is 22.9 Å². The zero-order valence-corrected chi connectivity index (χ0v) is 21.6. The van der Waals surface area contributed by atoms with Crippen molar-refractivity contribution in [3.63, 3.8) is 0 Å². The monoisotopic (exact) mass is 517 g/mol. The number of hydrazone groups is 1. The molecule has 10 heteroatoms. The van der Waals surface area contributed by atoms with Crippen molar-refractivity contribution in [1.82, 2.24) is 20.1 Å². The maximum atomic E-state index is 13.6. The second-order valence-electron chi connectivity index (χ2n) is 8.64. The molecule has 1 aromatic carbocycles. The summed E-state index contributed by atoms with van der Waals surface area (Å²) < 4.78 is 5.42. The second-order valence-corrected chi connectivity index (χ2v) is 10.0. The molecule has 0 unspecified atom stereocenters. The van der Waals surface area contributed by atoms with Gasteiger partial charge in [0.05, 0.1) is 29.8 Å². The first-order valence-corrected chi connectivity index (χ1v) is 13.3. The molecular formula is C25H32ClN5O3S. The third-order valence-electron chi connectivity index (χ3n) is 6.16. The van der Waals surface area contributed by atoms with Gasteiger partial charge in [0.25, 0.3) is 5.91 Å². The Morgan fingerprint density at radius 2 is 2.00 bits per heavy atom. The van der Waals surface area contributed by atoms with E-state index >= 15 is 0 Å². The molecule has 0 spiro atoms. The van der Waals surface area contributed by atoms with Crippen LogP contribution in [0.25, 0.3) is 0 Å². The maximum absolute atomic E-state index is 13.6. The SMILES string of the molecule is CCCNC(=O)N(CCN1CCOCC1)CC(=O)N1N=C(c2cccs2)C[C@@H]1c1ccc(Cl)cc1. The number of rotatable bonds is 9. The van der Waals surface area contributed by atoms with Crippen molar-refractivity contribution in [2.24, 2.45) is 5.10 Å². The number of ether oxygens (including phenoxy) is 1. The summed E-state index contributed by atoms with van der Waals surface area (Å²) in [6.07, 6.45) is 1.44. The lowest BCUT2D eigenvalue weighted by Crippen LogP contribution is -2.49. The van der Waals surface area contributed by atoms with Gasteiger partial charge in [0.1, 0.15) is 6.54 Å². The summed E-state index contributed by atoms with van der Waals surface area (Å²) in [6.45, 7) is 6.74. The average molecular weight is 518 g/mol. The quantitative estimate of drug-likeness (QED) is 0.548. The molecule has 2 aromatic rings. The van der Waals surface area contributed by atoms with E-state index in [1.54, 1.807) is 21.2 Å². The predicted octanol–water partition coefficient (Wildman–Crippen LogP) is 3.83. The van der Waals surface area contributed by atoms with Gasteiger partial charge in [-0.1, -0.05) is 36.7 Å². The van der Waals surface area contributed by atoms with Crippen LogP contribution in [0.15, 0.2) is 46.9 Å². The van der Waals surface area contributed by atoms with Crippen LogP contribution in [0.2, 0.25) is 5.02 Å². The van der Waals surface area contributed by atoms with E-state index in [9.17, 15) is 9.59 Å². The fourth-order valence-electron chi connectivity index (χ4n) is 4.20. The molecule has 1 aromatic heterocycles. The van der Waals surface area contributed by atoms with E-state index in [0.29, 0.717) is 44.3 Å². The first-order chi connectivity index (χ1) is 17.0. The zero-order chi connectivity index (χ0) is 24.6. The molecule has 1 fully saturated rings. The summed E-state index contributed by atoms with van der Waals surface area (Å²) >= 11 is 7.71. The van der Waals surface area contributed by atoms with Gasteiger partial charge in [0, 0.05) is 44.2 Å². The number of nitrogens with one attached hydrogen (secondary N) is 1. The Hall–Kier alpha value is -2.46. The molecule has 3 amide bonds. The first kappa shape index (κ1) is 25.6. The summed E-state index contributed by atoms with van der Waals surface area (Å²) in [5.74, 6) is -0.204. The van der Waals surface area contributed by atoms with Crippen LogP contribution in [0, 0.1) is 0 Å². The standard InChI is InChI=1S/C25H32ClN5O3S/c1-2-9-27-25(33)30(11-10-29-12-14-34-15-13-29)18-24(32)31-22(19-5-7-20(26)8-6-19)17-21(28-31)23-4-3-16-35-23/h3-8,16,22H,2,9-15,17-18H2,1H3,(H,27,33)/t22-/m1/s1. The van der Waals surface area contributed by atoms with Crippen LogP contribution in [0.1, 0.15) is 36.2 Å². The lowest BCUT2D eigenvalue weighted by atomic mass is 10.0.